The maximum Gasteiger partial charge on any atom is 0.0479 e. The maximum absolute atomic E-state index is 2.20. The Bertz CT molecular complexity index is 421. The number of fused-ring (bicyclic) bond motifs is 1. The second-order valence-electron chi connectivity index (χ2n) is 4.64. The number of hydrogen-bond donors (Lipinski definition) is 0. The molecule has 0 N–H and O–H groups in total. The molecule has 0 aliphatic rings. The van der Waals surface area contributed by atoms with E-state index >= 15 is 0 Å². The lowest BCUT2D eigenvalue weighted by Gasteiger charge is -1.96. The molecule has 1 nitrogen and oxygen atoms in total. The van der Waals surface area contributed by atoms with Crippen LogP contribution in [0.3, 0.4) is 0 Å². The first kappa shape index (κ1) is 15.8. The number of para-hydroxylation sites is 1. The Morgan fingerprint density at radius 1 is 1.00 bits per heavy atom. The summed E-state index contributed by atoms with van der Waals surface area (Å²) in [5.74, 6) is 0.833. The lowest BCUT2D eigenvalue weighted by atomic mass is 10.2. The molecule has 0 atom stereocenters. The molecule has 0 unspecified atom stereocenters. The van der Waals surface area contributed by atoms with Crippen LogP contribution in [-0.2, 0) is 7.05 Å². The van der Waals surface area contributed by atoms with E-state index in [1.807, 2.05) is 13.8 Å². The van der Waals surface area contributed by atoms with Crippen LogP contribution in [0.15, 0.2) is 30.3 Å². The van der Waals surface area contributed by atoms with Crippen LogP contribution in [0.25, 0.3) is 10.9 Å². The Hall–Kier alpha value is -1.24. The summed E-state index contributed by atoms with van der Waals surface area (Å²) in [7, 11) is 2.09. The highest BCUT2D eigenvalue weighted by molar-refractivity contribution is 5.80. The third kappa shape index (κ3) is 5.08. The van der Waals surface area contributed by atoms with Crippen molar-refractivity contribution in [2.24, 2.45) is 13.0 Å². The number of nitrogens with zero attached hydrogens (tertiary/aromatic N) is 1. The molecule has 2 rings (SSSR count). The normalized spacial score (nSPS) is 9.41. The van der Waals surface area contributed by atoms with Crippen LogP contribution in [0.5, 0.6) is 0 Å². The topological polar surface area (TPSA) is 4.93 Å². The van der Waals surface area contributed by atoms with E-state index in [-0.39, 0.29) is 0 Å². The largest absolute Gasteiger partial charge is 0.348 e. The van der Waals surface area contributed by atoms with Crippen LogP contribution in [0.1, 0.15) is 40.3 Å². The highest BCUT2D eigenvalue weighted by Gasteiger charge is 1.98. The minimum atomic E-state index is 0.833. The Morgan fingerprint density at radius 3 is 1.94 bits per heavy atom. The molecule has 0 aliphatic heterocycles. The molecule has 0 saturated carbocycles. The molecule has 0 saturated heterocycles. The fourth-order valence-corrected chi connectivity index (χ4v) is 1.43. The SMILES string of the molecule is CC.CC(C)C.Cc1cc2ccccc2n1C. The second-order valence-corrected chi connectivity index (χ2v) is 4.64. The summed E-state index contributed by atoms with van der Waals surface area (Å²) in [4.78, 5) is 0. The molecule has 1 heteroatoms. The average Bonchev–Trinajstić information content (AvgIpc) is 2.58. The van der Waals surface area contributed by atoms with Crippen molar-refractivity contribution in [3.05, 3.63) is 36.0 Å². The number of hydrogen-bond acceptors (Lipinski definition) is 0. The van der Waals surface area contributed by atoms with E-state index in [0.717, 1.165) is 5.92 Å². The van der Waals surface area contributed by atoms with Gasteiger partial charge in [0, 0.05) is 18.3 Å². The average molecular weight is 233 g/mol. The third-order valence-corrected chi connectivity index (χ3v) is 2.19. The number of aryl methyl sites for hydroxylation is 2. The third-order valence-electron chi connectivity index (χ3n) is 2.19. The van der Waals surface area contributed by atoms with Gasteiger partial charge in [-0.1, -0.05) is 52.8 Å². The Labute approximate surface area is 106 Å². The van der Waals surface area contributed by atoms with Crippen molar-refractivity contribution in [2.75, 3.05) is 0 Å². The molecule has 0 amide bonds. The molecular formula is C16H27N. The van der Waals surface area contributed by atoms with Crippen molar-refractivity contribution in [3.63, 3.8) is 0 Å². The Kier molecular flexibility index (Phi) is 7.36. The quantitative estimate of drug-likeness (QED) is 0.591. The van der Waals surface area contributed by atoms with Gasteiger partial charge in [0.05, 0.1) is 0 Å². The van der Waals surface area contributed by atoms with E-state index in [4.69, 9.17) is 0 Å². The van der Waals surface area contributed by atoms with Gasteiger partial charge < -0.3 is 4.57 Å². The van der Waals surface area contributed by atoms with Crippen molar-refractivity contribution in [1.29, 1.82) is 0 Å². The smallest absolute Gasteiger partial charge is 0.0479 e. The van der Waals surface area contributed by atoms with Crippen molar-refractivity contribution in [1.82, 2.24) is 4.57 Å². The first-order valence-corrected chi connectivity index (χ1v) is 6.53. The number of benzene rings is 1. The van der Waals surface area contributed by atoms with Gasteiger partial charge in [-0.2, -0.15) is 0 Å². The summed E-state index contributed by atoms with van der Waals surface area (Å²) in [5.41, 5.74) is 2.62. The molecule has 1 heterocycles. The van der Waals surface area contributed by atoms with Crippen LogP contribution >= 0.6 is 0 Å². The summed E-state index contributed by atoms with van der Waals surface area (Å²) in [6, 6.07) is 10.6. The van der Waals surface area contributed by atoms with E-state index in [0.29, 0.717) is 0 Å². The van der Waals surface area contributed by atoms with Gasteiger partial charge >= 0.3 is 0 Å². The summed E-state index contributed by atoms with van der Waals surface area (Å²) in [6.45, 7) is 12.6. The zero-order valence-corrected chi connectivity index (χ0v) is 12.4. The minimum Gasteiger partial charge on any atom is -0.348 e. The molecule has 0 spiro atoms. The molecular weight excluding hydrogens is 206 g/mol. The van der Waals surface area contributed by atoms with Crippen molar-refractivity contribution < 1.29 is 0 Å². The van der Waals surface area contributed by atoms with E-state index in [1.165, 1.54) is 16.6 Å². The zero-order valence-electron chi connectivity index (χ0n) is 12.4. The predicted octanol–water partition coefficient (Wildman–Crippen LogP) is 5.18. The van der Waals surface area contributed by atoms with E-state index in [1.54, 1.807) is 0 Å². The van der Waals surface area contributed by atoms with E-state index in [2.05, 4.69) is 69.6 Å². The summed E-state index contributed by atoms with van der Waals surface area (Å²) >= 11 is 0. The molecule has 1 aromatic carbocycles. The van der Waals surface area contributed by atoms with Crippen LogP contribution in [0.4, 0.5) is 0 Å². The Morgan fingerprint density at radius 2 is 1.47 bits per heavy atom. The van der Waals surface area contributed by atoms with Gasteiger partial charge in [-0.25, -0.2) is 0 Å². The molecule has 1 aromatic heterocycles. The van der Waals surface area contributed by atoms with Gasteiger partial charge in [-0.3, -0.25) is 0 Å². The number of aromatic nitrogens is 1. The molecule has 0 radical (unpaired) electrons. The molecule has 0 fully saturated rings. The van der Waals surface area contributed by atoms with Gasteiger partial charge in [0.15, 0.2) is 0 Å². The van der Waals surface area contributed by atoms with Crippen LogP contribution < -0.4 is 0 Å². The van der Waals surface area contributed by atoms with Gasteiger partial charge in [0.1, 0.15) is 0 Å². The number of rotatable bonds is 0. The highest BCUT2D eigenvalue weighted by atomic mass is 14.9. The first-order valence-electron chi connectivity index (χ1n) is 6.53. The van der Waals surface area contributed by atoms with Crippen LogP contribution in [-0.4, -0.2) is 4.57 Å². The predicted molar refractivity (Wildman–Crippen MR) is 79.5 cm³/mol. The molecule has 0 aliphatic carbocycles. The molecule has 17 heavy (non-hydrogen) atoms. The van der Waals surface area contributed by atoms with Crippen LogP contribution in [0.2, 0.25) is 0 Å². The minimum absolute atomic E-state index is 0.833. The van der Waals surface area contributed by atoms with Crippen molar-refractivity contribution in [3.8, 4) is 0 Å². The monoisotopic (exact) mass is 233 g/mol. The van der Waals surface area contributed by atoms with Crippen LogP contribution in [0, 0.1) is 12.8 Å². The second kappa shape index (κ2) is 7.94. The first-order chi connectivity index (χ1) is 8.02. The zero-order chi connectivity index (χ0) is 13.4. The van der Waals surface area contributed by atoms with E-state index in [9.17, 15) is 0 Å². The molecule has 2 aromatic rings. The summed E-state index contributed by atoms with van der Waals surface area (Å²) < 4.78 is 2.20. The Balaban J connectivity index is 0.000000368. The summed E-state index contributed by atoms with van der Waals surface area (Å²) in [6.07, 6.45) is 0. The fourth-order valence-electron chi connectivity index (χ4n) is 1.43. The molecule has 0 bridgehead atoms. The highest BCUT2D eigenvalue weighted by Crippen LogP contribution is 2.16. The lowest BCUT2D eigenvalue weighted by molar-refractivity contribution is 0.737. The van der Waals surface area contributed by atoms with Gasteiger partial charge in [0.25, 0.3) is 0 Å². The fraction of sp³-hybridized carbons (Fsp3) is 0.500. The van der Waals surface area contributed by atoms with E-state index < -0.39 is 0 Å². The standard InChI is InChI=1S/C10H11N.C4H10.C2H6/c1-8-7-9-5-3-4-6-10(9)11(8)2;1-4(2)3;1-2/h3-7H,1-2H3;4H,1-3H3;1-2H3. The van der Waals surface area contributed by atoms with Gasteiger partial charge in [-0.15, -0.1) is 0 Å². The van der Waals surface area contributed by atoms with Crippen molar-refractivity contribution in [2.45, 2.75) is 41.5 Å². The molecule has 96 valence electrons. The van der Waals surface area contributed by atoms with Crippen molar-refractivity contribution >= 4 is 10.9 Å². The lowest BCUT2D eigenvalue weighted by Crippen LogP contribution is -1.88. The van der Waals surface area contributed by atoms with Gasteiger partial charge in [0.2, 0.25) is 0 Å². The summed E-state index contributed by atoms with van der Waals surface area (Å²) in [5, 5.41) is 1.33. The maximum atomic E-state index is 2.20. The van der Waals surface area contributed by atoms with Gasteiger partial charge in [-0.05, 0) is 30.4 Å².